The van der Waals surface area contributed by atoms with Gasteiger partial charge in [-0.25, -0.2) is 16.8 Å². The normalized spacial score (nSPS) is 23.2. The molecule has 1 fully saturated rings. The molecule has 138 valence electrons. The van der Waals surface area contributed by atoms with Crippen molar-refractivity contribution in [3.8, 4) is 0 Å². The van der Waals surface area contributed by atoms with E-state index in [1.807, 2.05) is 0 Å². The fourth-order valence-electron chi connectivity index (χ4n) is 2.16. The van der Waals surface area contributed by atoms with Crippen molar-refractivity contribution in [2.75, 3.05) is 31.1 Å². The second-order valence-electron chi connectivity index (χ2n) is 5.06. The minimum Gasteiger partial charge on any atom is -0.212 e. The fraction of sp³-hybridized carbons (Fsp3) is 1.00. The Morgan fingerprint density at radius 2 is 1.30 bits per heavy atom. The van der Waals surface area contributed by atoms with Crippen LogP contribution < -0.4 is 0 Å². The topological polar surface area (TPSA) is 74.8 Å². The molecule has 0 saturated carbocycles. The highest BCUT2D eigenvalue weighted by Gasteiger charge is 2.45. The summed E-state index contributed by atoms with van der Waals surface area (Å²) in [5.74, 6) is -4.22. The molecule has 1 rings (SSSR count). The third kappa shape index (κ3) is 6.08. The zero-order valence-electron chi connectivity index (χ0n) is 11.7. The highest BCUT2D eigenvalue weighted by molar-refractivity contribution is 7.89. The van der Waals surface area contributed by atoms with Crippen LogP contribution in [0.15, 0.2) is 0 Å². The van der Waals surface area contributed by atoms with Crippen molar-refractivity contribution in [3.05, 3.63) is 0 Å². The molecule has 0 N–H and O–H groups in total. The first kappa shape index (κ1) is 20.4. The summed E-state index contributed by atoms with van der Waals surface area (Å²) >= 11 is 0. The van der Waals surface area contributed by atoms with E-state index in [0.29, 0.717) is 8.61 Å². The van der Waals surface area contributed by atoms with Crippen LogP contribution in [-0.2, 0) is 20.0 Å². The molecule has 1 aliphatic heterocycles. The monoisotopic (exact) mass is 392 g/mol. The Bertz CT molecular complexity index is 627. The van der Waals surface area contributed by atoms with Gasteiger partial charge in [-0.15, -0.1) is 0 Å². The number of alkyl halides is 6. The van der Waals surface area contributed by atoms with E-state index in [9.17, 15) is 43.2 Å². The van der Waals surface area contributed by atoms with Gasteiger partial charge in [0.2, 0.25) is 20.0 Å². The number of sulfonamides is 2. The molecule has 1 atom stereocenters. The number of rotatable bonds is 4. The van der Waals surface area contributed by atoms with Gasteiger partial charge in [-0.05, 0) is 6.92 Å². The lowest BCUT2D eigenvalue weighted by Crippen LogP contribution is -2.57. The fourth-order valence-corrected chi connectivity index (χ4v) is 5.11. The number of hydrogen-bond donors (Lipinski definition) is 0. The molecule has 0 aliphatic carbocycles. The second kappa shape index (κ2) is 6.37. The van der Waals surface area contributed by atoms with Gasteiger partial charge in [0.1, 0.15) is 0 Å². The molecule has 1 unspecified atom stereocenters. The minimum atomic E-state index is -4.97. The van der Waals surface area contributed by atoms with Gasteiger partial charge in [-0.1, -0.05) is 0 Å². The van der Waals surface area contributed by atoms with Crippen LogP contribution in [0.25, 0.3) is 0 Å². The van der Waals surface area contributed by atoms with Gasteiger partial charge in [0.05, 0.1) is 0 Å². The molecular formula is C9H14F6N2O4S2. The Balaban J connectivity index is 2.86. The molecule has 0 spiro atoms. The van der Waals surface area contributed by atoms with E-state index >= 15 is 0 Å². The molecule has 1 aliphatic rings. The van der Waals surface area contributed by atoms with E-state index in [4.69, 9.17) is 0 Å². The van der Waals surface area contributed by atoms with Gasteiger partial charge >= 0.3 is 12.4 Å². The van der Waals surface area contributed by atoms with Gasteiger partial charge in [-0.2, -0.15) is 35.0 Å². The van der Waals surface area contributed by atoms with Crippen LogP contribution in [0.1, 0.15) is 6.92 Å². The number of halogens is 6. The molecule has 0 aromatic heterocycles. The summed E-state index contributed by atoms with van der Waals surface area (Å²) in [5, 5.41) is 0. The SMILES string of the molecule is CC1CN(S(=O)(=O)CC(F)(F)F)CCN1S(=O)(=O)CC(F)(F)F. The summed E-state index contributed by atoms with van der Waals surface area (Å²) in [4.78, 5) is 0. The molecule has 14 heteroatoms. The molecule has 0 bridgehead atoms. The maximum Gasteiger partial charge on any atom is 0.404 e. The van der Waals surface area contributed by atoms with Gasteiger partial charge in [0, 0.05) is 25.7 Å². The lowest BCUT2D eigenvalue weighted by Gasteiger charge is -2.38. The standard InChI is InChI=1S/C9H14F6N2O4S2/c1-7-4-16(22(18,19)5-8(10,11)12)2-3-17(7)23(20,21)6-9(13,14)15/h7H,2-6H2,1H3. The van der Waals surface area contributed by atoms with Crippen molar-refractivity contribution in [3.63, 3.8) is 0 Å². The van der Waals surface area contributed by atoms with Crippen LogP contribution in [0.2, 0.25) is 0 Å². The third-order valence-corrected chi connectivity index (χ3v) is 6.73. The largest absolute Gasteiger partial charge is 0.404 e. The quantitative estimate of drug-likeness (QED) is 0.663. The van der Waals surface area contributed by atoms with Crippen LogP contribution in [0, 0.1) is 0 Å². The van der Waals surface area contributed by atoms with E-state index in [2.05, 4.69) is 0 Å². The summed E-state index contributed by atoms with van der Waals surface area (Å²) in [6, 6.07) is -1.21. The maximum atomic E-state index is 12.2. The molecule has 6 nitrogen and oxygen atoms in total. The second-order valence-corrected chi connectivity index (χ2v) is 8.95. The molecule has 0 radical (unpaired) electrons. The van der Waals surface area contributed by atoms with Crippen molar-refractivity contribution >= 4 is 20.0 Å². The number of piperazine rings is 1. The molecule has 0 aromatic rings. The average molecular weight is 392 g/mol. The molecule has 1 saturated heterocycles. The van der Waals surface area contributed by atoms with Crippen LogP contribution in [0.5, 0.6) is 0 Å². The Hall–Kier alpha value is -0.600. The highest BCUT2D eigenvalue weighted by Crippen LogP contribution is 2.25. The Labute approximate surface area is 129 Å². The summed E-state index contributed by atoms with van der Waals surface area (Å²) < 4.78 is 121. The van der Waals surface area contributed by atoms with Crippen LogP contribution in [0.3, 0.4) is 0 Å². The predicted molar refractivity (Wildman–Crippen MR) is 67.4 cm³/mol. The first-order valence-corrected chi connectivity index (χ1v) is 9.36. The van der Waals surface area contributed by atoms with Crippen molar-refractivity contribution in [1.29, 1.82) is 0 Å². The van der Waals surface area contributed by atoms with Crippen molar-refractivity contribution in [2.45, 2.75) is 25.3 Å². The Morgan fingerprint density at radius 1 is 0.870 bits per heavy atom. The molecule has 0 amide bonds. The average Bonchev–Trinajstić information content (AvgIpc) is 2.21. The number of nitrogens with zero attached hydrogens (tertiary/aromatic N) is 2. The van der Waals surface area contributed by atoms with Crippen LogP contribution in [-0.4, -0.2) is 75.0 Å². The highest BCUT2D eigenvalue weighted by atomic mass is 32.2. The van der Waals surface area contributed by atoms with E-state index in [-0.39, 0.29) is 0 Å². The van der Waals surface area contributed by atoms with Gasteiger partial charge in [-0.3, -0.25) is 0 Å². The smallest absolute Gasteiger partial charge is 0.212 e. The predicted octanol–water partition coefficient (Wildman–Crippen LogP) is 0.777. The lowest BCUT2D eigenvalue weighted by molar-refractivity contribution is -0.108. The summed E-state index contributed by atoms with van der Waals surface area (Å²) in [5.41, 5.74) is 0. The maximum absolute atomic E-state index is 12.2. The summed E-state index contributed by atoms with van der Waals surface area (Å²) in [7, 11) is -9.44. The Morgan fingerprint density at radius 3 is 1.70 bits per heavy atom. The molecule has 1 heterocycles. The van der Waals surface area contributed by atoms with E-state index in [1.165, 1.54) is 0 Å². The van der Waals surface area contributed by atoms with Gasteiger partial charge in [0.25, 0.3) is 0 Å². The first-order chi connectivity index (χ1) is 10.0. The Kier molecular flexibility index (Phi) is 5.66. The van der Waals surface area contributed by atoms with E-state index in [0.717, 1.165) is 6.92 Å². The summed E-state index contributed by atoms with van der Waals surface area (Å²) in [6.45, 7) is -0.796. The zero-order valence-corrected chi connectivity index (χ0v) is 13.4. The van der Waals surface area contributed by atoms with Crippen LogP contribution in [0.4, 0.5) is 26.3 Å². The van der Waals surface area contributed by atoms with Gasteiger partial charge < -0.3 is 0 Å². The first-order valence-electron chi connectivity index (χ1n) is 6.14. The molecular weight excluding hydrogens is 378 g/mol. The van der Waals surface area contributed by atoms with Gasteiger partial charge in [0.15, 0.2) is 11.5 Å². The number of hydrogen-bond acceptors (Lipinski definition) is 4. The zero-order chi connectivity index (χ0) is 18.3. The van der Waals surface area contributed by atoms with Crippen molar-refractivity contribution < 1.29 is 43.2 Å². The molecule has 23 heavy (non-hydrogen) atoms. The van der Waals surface area contributed by atoms with E-state index < -0.39 is 69.6 Å². The van der Waals surface area contributed by atoms with E-state index in [1.54, 1.807) is 0 Å². The minimum absolute atomic E-state index is 0.435. The lowest BCUT2D eigenvalue weighted by atomic mass is 10.3. The molecule has 0 aromatic carbocycles. The van der Waals surface area contributed by atoms with Crippen LogP contribution >= 0.6 is 0 Å². The third-order valence-electron chi connectivity index (χ3n) is 2.97. The van der Waals surface area contributed by atoms with Crippen molar-refractivity contribution in [1.82, 2.24) is 8.61 Å². The summed E-state index contributed by atoms with van der Waals surface area (Å²) in [6.07, 6.45) is -9.94. The van der Waals surface area contributed by atoms with Crippen molar-refractivity contribution in [2.24, 2.45) is 0 Å².